The number of sulfonamides is 1. The largest absolute Gasteiger partial charge is 0.490 e. The molecule has 0 radical (unpaired) electrons. The second kappa shape index (κ2) is 19.0. The molecule has 0 saturated heterocycles. The molecule has 0 unspecified atom stereocenters. The van der Waals surface area contributed by atoms with Gasteiger partial charge in [0, 0.05) is 36.2 Å². The highest BCUT2D eigenvalue weighted by Gasteiger charge is 2.44. The minimum atomic E-state index is -3.95. The summed E-state index contributed by atoms with van der Waals surface area (Å²) in [5, 5.41) is -0.0552. The van der Waals surface area contributed by atoms with Crippen molar-refractivity contribution in [1.82, 2.24) is 4.72 Å². The SMILES string of the molecule is COCCOCCOCCOCCO[C@H]1/C=C/C[C@H](C)[C@@H](C)S(=O)(=O)NC(=O)c2ccc3c(c2)N(C[C@@H]2CC[C@H]21)C[C@@]1(CCCc2cc(Cl)ccc21)CO3. The molecule has 1 fully saturated rings. The molecule has 2 aliphatic heterocycles. The highest BCUT2D eigenvalue weighted by atomic mass is 35.5. The van der Waals surface area contributed by atoms with E-state index in [0.717, 1.165) is 49.4 Å². The number of hydrogen-bond acceptors (Lipinski definition) is 10. The maximum Gasteiger partial charge on any atom is 0.264 e. The number of ether oxygens (including phenoxy) is 6. The number of benzene rings is 2. The summed E-state index contributed by atoms with van der Waals surface area (Å²) in [5.41, 5.74) is 3.34. The van der Waals surface area contributed by atoms with E-state index in [-0.39, 0.29) is 28.9 Å². The molecule has 0 aromatic heterocycles. The number of anilines is 1. The van der Waals surface area contributed by atoms with Crippen molar-refractivity contribution >= 4 is 33.2 Å². The average molecular weight is 789 g/mol. The number of nitrogens with one attached hydrogen (secondary N) is 1. The molecule has 2 aromatic carbocycles. The molecular formula is C41H57ClN2O9S. The van der Waals surface area contributed by atoms with Gasteiger partial charge in [0.25, 0.3) is 5.91 Å². The Morgan fingerprint density at radius 2 is 1.70 bits per heavy atom. The molecule has 54 heavy (non-hydrogen) atoms. The maximum absolute atomic E-state index is 13.5. The third kappa shape index (κ3) is 9.99. The highest BCUT2D eigenvalue weighted by Crippen LogP contribution is 2.47. The van der Waals surface area contributed by atoms with Crippen LogP contribution in [-0.2, 0) is 45.5 Å². The van der Waals surface area contributed by atoms with Gasteiger partial charge in [-0.1, -0.05) is 36.7 Å². The Morgan fingerprint density at radius 3 is 2.43 bits per heavy atom. The second-order valence-corrected chi connectivity index (χ2v) is 17.8. The fraction of sp³-hybridized carbons (Fsp3) is 0.634. The molecule has 1 amide bonds. The Morgan fingerprint density at radius 1 is 0.963 bits per heavy atom. The minimum Gasteiger partial charge on any atom is -0.490 e. The zero-order valence-electron chi connectivity index (χ0n) is 31.9. The van der Waals surface area contributed by atoms with E-state index in [1.807, 2.05) is 31.2 Å². The summed E-state index contributed by atoms with van der Waals surface area (Å²) < 4.78 is 64.3. The first-order chi connectivity index (χ1) is 26.1. The molecule has 1 N–H and O–H groups in total. The monoisotopic (exact) mass is 788 g/mol. The summed E-state index contributed by atoms with van der Waals surface area (Å²) in [4.78, 5) is 15.9. The summed E-state index contributed by atoms with van der Waals surface area (Å²) in [5.74, 6) is 0.426. The number of rotatable bonds is 13. The van der Waals surface area contributed by atoms with Crippen LogP contribution in [-0.4, -0.2) is 105 Å². The van der Waals surface area contributed by atoms with Gasteiger partial charge in [-0.2, -0.15) is 0 Å². The Labute approximate surface area is 326 Å². The number of amides is 1. The van der Waals surface area contributed by atoms with Crippen molar-refractivity contribution in [3.8, 4) is 5.75 Å². The lowest BCUT2D eigenvalue weighted by molar-refractivity contribution is -0.0455. The molecule has 6 atom stereocenters. The lowest BCUT2D eigenvalue weighted by Crippen LogP contribution is -2.49. The van der Waals surface area contributed by atoms with Crippen LogP contribution in [0.2, 0.25) is 5.02 Å². The smallest absolute Gasteiger partial charge is 0.264 e. The zero-order chi connectivity index (χ0) is 38.1. The first-order valence-corrected chi connectivity index (χ1v) is 21.4. The van der Waals surface area contributed by atoms with Crippen LogP contribution in [0.5, 0.6) is 5.75 Å². The lowest BCUT2D eigenvalue weighted by Gasteiger charge is -2.46. The van der Waals surface area contributed by atoms with E-state index in [9.17, 15) is 13.2 Å². The van der Waals surface area contributed by atoms with Crippen molar-refractivity contribution in [2.24, 2.45) is 17.8 Å². The normalized spacial score (nSPS) is 28.6. The van der Waals surface area contributed by atoms with Gasteiger partial charge < -0.3 is 33.3 Å². The molecule has 13 heteroatoms. The zero-order valence-corrected chi connectivity index (χ0v) is 33.5. The van der Waals surface area contributed by atoms with E-state index in [2.05, 4.69) is 27.8 Å². The predicted molar refractivity (Wildman–Crippen MR) is 209 cm³/mol. The summed E-state index contributed by atoms with van der Waals surface area (Å²) in [6.07, 6.45) is 9.57. The Bertz CT molecular complexity index is 1710. The fourth-order valence-electron chi connectivity index (χ4n) is 8.25. The number of allylic oxidation sites excluding steroid dienone is 1. The number of methoxy groups -OCH3 is 1. The van der Waals surface area contributed by atoms with Crippen LogP contribution in [0, 0.1) is 17.8 Å². The van der Waals surface area contributed by atoms with Gasteiger partial charge in [-0.3, -0.25) is 4.79 Å². The number of hydrogen-bond donors (Lipinski definition) is 1. The van der Waals surface area contributed by atoms with Crippen molar-refractivity contribution in [3.05, 3.63) is 70.3 Å². The van der Waals surface area contributed by atoms with Crippen molar-refractivity contribution in [2.45, 2.75) is 69.1 Å². The van der Waals surface area contributed by atoms with Gasteiger partial charge in [0.15, 0.2) is 0 Å². The van der Waals surface area contributed by atoms with E-state index in [1.165, 1.54) is 11.1 Å². The van der Waals surface area contributed by atoms with Gasteiger partial charge >= 0.3 is 0 Å². The molecule has 4 aliphatic rings. The standard InChI is InChI=1S/C41H57ClN2O9S/c1-29-6-4-8-38(52-23-22-51-21-20-50-19-18-49-17-16-48-3)35-12-9-33(35)26-44-27-41(15-5-7-31-24-34(42)11-13-36(31)41)28-53-39-14-10-32(25-37(39)44)40(45)43-54(46,47)30(29)2/h4,8,10-11,13-14,24-25,29-30,33,35,38H,5-7,9,12,15-23,26-28H2,1-3H3,(H,43,45)/b8-4+/t29-,30+,33-,35+,38-,41-/m0/s1. The fourth-order valence-corrected chi connectivity index (χ4v) is 9.73. The maximum atomic E-state index is 13.5. The molecule has 2 heterocycles. The van der Waals surface area contributed by atoms with E-state index < -0.39 is 21.2 Å². The molecule has 6 rings (SSSR count). The van der Waals surface area contributed by atoms with E-state index in [1.54, 1.807) is 20.1 Å². The third-order valence-corrected chi connectivity index (χ3v) is 13.9. The number of aryl methyl sites for hydroxylation is 1. The molecule has 2 bridgehead atoms. The van der Waals surface area contributed by atoms with Crippen LogP contribution < -0.4 is 14.4 Å². The van der Waals surface area contributed by atoms with Gasteiger partial charge in [0.05, 0.1) is 76.5 Å². The van der Waals surface area contributed by atoms with Crippen molar-refractivity contribution in [1.29, 1.82) is 0 Å². The number of carbonyl (C=O) groups is 1. The second-order valence-electron chi connectivity index (χ2n) is 15.3. The van der Waals surface area contributed by atoms with Gasteiger partial charge in [0.2, 0.25) is 10.0 Å². The lowest BCUT2D eigenvalue weighted by atomic mass is 9.68. The molecule has 2 aliphatic carbocycles. The number of halogens is 1. The van der Waals surface area contributed by atoms with Crippen molar-refractivity contribution in [3.63, 3.8) is 0 Å². The van der Waals surface area contributed by atoms with Crippen LogP contribution >= 0.6 is 11.6 Å². The van der Waals surface area contributed by atoms with E-state index in [4.69, 9.17) is 40.0 Å². The molecular weight excluding hydrogens is 732 g/mol. The van der Waals surface area contributed by atoms with Gasteiger partial charge in [0.1, 0.15) is 5.75 Å². The third-order valence-electron chi connectivity index (χ3n) is 11.7. The van der Waals surface area contributed by atoms with Crippen molar-refractivity contribution < 1.29 is 41.6 Å². The van der Waals surface area contributed by atoms with E-state index in [0.29, 0.717) is 84.1 Å². The van der Waals surface area contributed by atoms with Crippen LogP contribution in [0.15, 0.2) is 48.6 Å². The predicted octanol–water partition coefficient (Wildman–Crippen LogP) is 5.96. The van der Waals surface area contributed by atoms with Crippen LogP contribution in [0.4, 0.5) is 5.69 Å². The molecule has 2 aromatic rings. The Hall–Kier alpha value is -2.71. The molecule has 11 nitrogen and oxygen atoms in total. The van der Waals surface area contributed by atoms with E-state index >= 15 is 0 Å². The Balaban J connectivity index is 1.21. The number of nitrogens with zero attached hydrogens (tertiary/aromatic N) is 1. The van der Waals surface area contributed by atoms with Crippen LogP contribution in [0.3, 0.4) is 0 Å². The quantitative estimate of drug-likeness (QED) is 0.192. The van der Waals surface area contributed by atoms with Gasteiger partial charge in [-0.05, 0) is 105 Å². The highest BCUT2D eigenvalue weighted by molar-refractivity contribution is 7.90. The van der Waals surface area contributed by atoms with Gasteiger partial charge in [-0.25, -0.2) is 13.1 Å². The topological polar surface area (TPSA) is 122 Å². The number of fused-ring (bicyclic) bond motifs is 4. The van der Waals surface area contributed by atoms with Crippen molar-refractivity contribution in [2.75, 3.05) is 84.6 Å². The number of carbonyl (C=O) groups excluding carboxylic acids is 1. The van der Waals surface area contributed by atoms with Gasteiger partial charge in [-0.15, -0.1) is 0 Å². The van der Waals surface area contributed by atoms with Crippen LogP contribution in [0.1, 0.15) is 67.4 Å². The molecule has 1 saturated carbocycles. The molecule has 1 spiro atoms. The summed E-state index contributed by atoms with van der Waals surface area (Å²) in [7, 11) is -2.31. The van der Waals surface area contributed by atoms with Crippen LogP contribution in [0.25, 0.3) is 0 Å². The minimum absolute atomic E-state index is 0.153. The Kier molecular flexibility index (Phi) is 14.4. The first-order valence-electron chi connectivity index (χ1n) is 19.5. The summed E-state index contributed by atoms with van der Waals surface area (Å²) >= 11 is 6.47. The first kappa shape index (κ1) is 40.9. The summed E-state index contributed by atoms with van der Waals surface area (Å²) in [6.45, 7) is 9.43. The summed E-state index contributed by atoms with van der Waals surface area (Å²) in [6, 6.07) is 11.5. The average Bonchev–Trinajstić information content (AvgIpc) is 3.29. The molecule has 298 valence electrons.